The molecular formula is C10H12N2O5. The molecule has 0 amide bonds. The number of aliphatic carboxylic acids is 1. The highest BCUT2D eigenvalue weighted by atomic mass is 16.6. The van der Waals surface area contributed by atoms with E-state index in [4.69, 9.17) is 15.6 Å². The number of hydrogen-bond acceptors (Lipinski definition) is 5. The number of anilines is 1. The summed E-state index contributed by atoms with van der Waals surface area (Å²) in [7, 11) is 0. The van der Waals surface area contributed by atoms with Gasteiger partial charge in [0.05, 0.1) is 4.92 Å². The molecule has 0 heterocycles. The van der Waals surface area contributed by atoms with Crippen LogP contribution in [0, 0.1) is 10.1 Å². The number of carbonyl (C=O) groups is 1. The molecule has 1 unspecified atom stereocenters. The molecule has 0 aliphatic carbocycles. The van der Waals surface area contributed by atoms with Crippen LogP contribution in [-0.2, 0) is 4.79 Å². The Morgan fingerprint density at radius 2 is 2.29 bits per heavy atom. The van der Waals surface area contributed by atoms with Gasteiger partial charge in [0, 0.05) is 11.8 Å². The third-order valence-electron chi connectivity index (χ3n) is 2.10. The maximum atomic E-state index is 10.8. The van der Waals surface area contributed by atoms with Crippen LogP contribution in [0.3, 0.4) is 0 Å². The van der Waals surface area contributed by atoms with E-state index in [-0.39, 0.29) is 23.5 Å². The lowest BCUT2D eigenvalue weighted by molar-refractivity contribution is -0.385. The molecule has 0 fully saturated rings. The Morgan fingerprint density at radius 3 is 2.76 bits per heavy atom. The Morgan fingerprint density at radius 1 is 1.65 bits per heavy atom. The number of ether oxygens (including phenoxy) is 1. The Kier molecular flexibility index (Phi) is 3.86. The first kappa shape index (κ1) is 12.8. The fraction of sp³-hybridized carbons (Fsp3) is 0.300. The molecule has 1 aromatic rings. The van der Waals surface area contributed by atoms with Gasteiger partial charge in [-0.25, -0.2) is 4.79 Å². The minimum absolute atomic E-state index is 0.0987. The second kappa shape index (κ2) is 5.15. The number of hydrogen-bond donors (Lipinski definition) is 2. The van der Waals surface area contributed by atoms with Gasteiger partial charge in [-0.2, -0.15) is 0 Å². The first-order valence-corrected chi connectivity index (χ1v) is 4.89. The van der Waals surface area contributed by atoms with E-state index < -0.39 is 17.0 Å². The van der Waals surface area contributed by atoms with Crippen molar-refractivity contribution in [2.45, 2.75) is 19.4 Å². The number of nitrogens with two attached hydrogens (primary N) is 1. The average Bonchev–Trinajstić information content (AvgIpc) is 2.26. The number of carboxylic acids is 1. The molecule has 0 spiro atoms. The van der Waals surface area contributed by atoms with Gasteiger partial charge in [-0.15, -0.1) is 0 Å². The van der Waals surface area contributed by atoms with Crippen molar-refractivity contribution in [3.05, 3.63) is 28.3 Å². The maximum absolute atomic E-state index is 10.8. The fourth-order valence-electron chi connectivity index (χ4n) is 1.24. The molecule has 0 radical (unpaired) electrons. The highest BCUT2D eigenvalue weighted by molar-refractivity contribution is 5.73. The molecule has 0 aliphatic rings. The standard InChI is InChI=1S/C10H12N2O5/c1-2-8(10(13)14)17-9-4-3-6(11)5-7(9)12(15)16/h3-5,8H,2,11H2,1H3,(H,13,14). The van der Waals surface area contributed by atoms with E-state index in [1.54, 1.807) is 6.92 Å². The molecule has 7 nitrogen and oxygen atoms in total. The zero-order chi connectivity index (χ0) is 13.0. The number of nitrogen functional groups attached to an aromatic ring is 1. The summed E-state index contributed by atoms with van der Waals surface area (Å²) in [6, 6.07) is 3.83. The first-order valence-electron chi connectivity index (χ1n) is 4.89. The summed E-state index contributed by atoms with van der Waals surface area (Å²) in [5.74, 6) is -1.27. The number of nitro benzene ring substituents is 1. The summed E-state index contributed by atoms with van der Waals surface area (Å²) in [4.78, 5) is 20.8. The first-order chi connectivity index (χ1) is 7.95. The quantitative estimate of drug-likeness (QED) is 0.456. The predicted molar refractivity (Wildman–Crippen MR) is 59.9 cm³/mol. The molecule has 0 saturated carbocycles. The van der Waals surface area contributed by atoms with Crippen LogP contribution in [0.5, 0.6) is 5.75 Å². The maximum Gasteiger partial charge on any atom is 0.344 e. The van der Waals surface area contributed by atoms with Crippen LogP contribution in [0.2, 0.25) is 0 Å². The van der Waals surface area contributed by atoms with Crippen LogP contribution in [0.15, 0.2) is 18.2 Å². The molecule has 0 aromatic heterocycles. The van der Waals surface area contributed by atoms with Crippen LogP contribution in [0.1, 0.15) is 13.3 Å². The zero-order valence-corrected chi connectivity index (χ0v) is 9.12. The van der Waals surface area contributed by atoms with E-state index in [1.165, 1.54) is 12.1 Å². The molecule has 0 bridgehead atoms. The van der Waals surface area contributed by atoms with Gasteiger partial charge in [-0.05, 0) is 18.6 Å². The normalized spacial score (nSPS) is 11.8. The van der Waals surface area contributed by atoms with Crippen molar-refractivity contribution in [2.75, 3.05) is 5.73 Å². The van der Waals surface area contributed by atoms with E-state index >= 15 is 0 Å². The molecule has 0 aliphatic heterocycles. The topological polar surface area (TPSA) is 116 Å². The summed E-state index contributed by atoms with van der Waals surface area (Å²) < 4.78 is 5.08. The van der Waals surface area contributed by atoms with E-state index in [2.05, 4.69) is 0 Å². The number of benzene rings is 1. The largest absolute Gasteiger partial charge is 0.479 e. The van der Waals surface area contributed by atoms with E-state index in [0.29, 0.717) is 0 Å². The lowest BCUT2D eigenvalue weighted by atomic mass is 10.2. The minimum atomic E-state index is -1.17. The van der Waals surface area contributed by atoms with Crippen molar-refractivity contribution in [1.82, 2.24) is 0 Å². The number of carboxylic acid groups (broad SMARTS) is 1. The van der Waals surface area contributed by atoms with Crippen LogP contribution in [-0.4, -0.2) is 22.1 Å². The lowest BCUT2D eigenvalue weighted by Crippen LogP contribution is -2.26. The molecule has 92 valence electrons. The Balaban J connectivity index is 3.05. The Labute approximate surface area is 97.0 Å². The summed E-state index contributed by atoms with van der Waals surface area (Å²) in [5, 5.41) is 19.5. The summed E-state index contributed by atoms with van der Waals surface area (Å²) in [6.45, 7) is 1.61. The molecule has 1 atom stereocenters. The van der Waals surface area contributed by atoms with Crippen molar-refractivity contribution < 1.29 is 19.6 Å². The van der Waals surface area contributed by atoms with Gasteiger partial charge in [-0.3, -0.25) is 10.1 Å². The Bertz CT molecular complexity index is 446. The van der Waals surface area contributed by atoms with Crippen LogP contribution in [0.25, 0.3) is 0 Å². The monoisotopic (exact) mass is 240 g/mol. The smallest absolute Gasteiger partial charge is 0.344 e. The van der Waals surface area contributed by atoms with Gasteiger partial charge >= 0.3 is 11.7 Å². The molecular weight excluding hydrogens is 228 g/mol. The third-order valence-corrected chi connectivity index (χ3v) is 2.10. The number of nitrogens with zero attached hydrogens (tertiary/aromatic N) is 1. The molecule has 3 N–H and O–H groups in total. The third kappa shape index (κ3) is 3.07. The molecule has 7 heteroatoms. The fourth-order valence-corrected chi connectivity index (χ4v) is 1.24. The van der Waals surface area contributed by atoms with Crippen molar-refractivity contribution in [1.29, 1.82) is 0 Å². The van der Waals surface area contributed by atoms with E-state index in [0.717, 1.165) is 6.07 Å². The van der Waals surface area contributed by atoms with Crippen molar-refractivity contribution in [3.63, 3.8) is 0 Å². The molecule has 17 heavy (non-hydrogen) atoms. The highest BCUT2D eigenvalue weighted by Gasteiger charge is 2.22. The average molecular weight is 240 g/mol. The SMILES string of the molecule is CCC(Oc1ccc(N)cc1[N+](=O)[O-])C(=O)O. The second-order valence-electron chi connectivity index (χ2n) is 3.34. The van der Waals surface area contributed by atoms with Gasteiger partial charge in [0.2, 0.25) is 0 Å². The zero-order valence-electron chi connectivity index (χ0n) is 9.12. The Hall–Kier alpha value is -2.31. The molecule has 0 saturated heterocycles. The lowest BCUT2D eigenvalue weighted by Gasteiger charge is -2.13. The summed E-state index contributed by atoms with van der Waals surface area (Å²) in [5.41, 5.74) is 5.28. The summed E-state index contributed by atoms with van der Waals surface area (Å²) in [6.07, 6.45) is -0.908. The van der Waals surface area contributed by atoms with Gasteiger partial charge in [0.15, 0.2) is 11.9 Å². The number of nitro groups is 1. The molecule has 1 aromatic carbocycles. The van der Waals surface area contributed by atoms with Crippen molar-refractivity contribution in [2.24, 2.45) is 0 Å². The molecule has 1 rings (SSSR count). The predicted octanol–water partition coefficient (Wildman–Crippen LogP) is 1.42. The number of rotatable bonds is 5. The van der Waals surface area contributed by atoms with Gasteiger partial charge in [0.25, 0.3) is 0 Å². The van der Waals surface area contributed by atoms with E-state index in [1.807, 2.05) is 0 Å². The highest BCUT2D eigenvalue weighted by Crippen LogP contribution is 2.30. The second-order valence-corrected chi connectivity index (χ2v) is 3.34. The van der Waals surface area contributed by atoms with Crippen molar-refractivity contribution >= 4 is 17.3 Å². The van der Waals surface area contributed by atoms with E-state index in [9.17, 15) is 14.9 Å². The minimum Gasteiger partial charge on any atom is -0.479 e. The van der Waals surface area contributed by atoms with Crippen molar-refractivity contribution in [3.8, 4) is 5.75 Å². The van der Waals surface area contributed by atoms with Crippen LogP contribution >= 0.6 is 0 Å². The summed E-state index contributed by atoms with van der Waals surface area (Å²) >= 11 is 0. The van der Waals surface area contributed by atoms with Gasteiger partial charge in [-0.1, -0.05) is 6.92 Å². The van der Waals surface area contributed by atoms with Gasteiger partial charge < -0.3 is 15.6 Å². The van der Waals surface area contributed by atoms with Crippen LogP contribution in [0.4, 0.5) is 11.4 Å². The van der Waals surface area contributed by atoms with Crippen LogP contribution < -0.4 is 10.5 Å². The van der Waals surface area contributed by atoms with Gasteiger partial charge in [0.1, 0.15) is 0 Å².